The molecule has 0 N–H and O–H groups in total. The van der Waals surface area contributed by atoms with Crippen LogP contribution in [0.4, 0.5) is 5.69 Å². The maximum absolute atomic E-state index is 5.30. The van der Waals surface area contributed by atoms with E-state index in [0.717, 1.165) is 5.75 Å². The van der Waals surface area contributed by atoms with E-state index < -0.39 is 0 Å². The molecule has 0 amide bonds. The molecule has 2 nitrogen and oxygen atoms in total. The highest BCUT2D eigenvalue weighted by Crippen LogP contribution is 2.30. The van der Waals surface area contributed by atoms with Crippen LogP contribution in [0.3, 0.4) is 0 Å². The zero-order valence-corrected chi connectivity index (χ0v) is 13.5. The zero-order valence-electron chi connectivity index (χ0n) is 13.5. The van der Waals surface area contributed by atoms with Gasteiger partial charge in [-0.3, -0.25) is 0 Å². The van der Waals surface area contributed by atoms with Crippen LogP contribution in [0.15, 0.2) is 60.7 Å². The molecule has 3 aromatic carbocycles. The van der Waals surface area contributed by atoms with E-state index in [2.05, 4.69) is 59.5 Å². The molecule has 1 aliphatic heterocycles. The monoisotopic (exact) mass is 303 g/mol. The number of hydrogen-bond donors (Lipinski definition) is 0. The number of rotatable bonds is 3. The zero-order chi connectivity index (χ0) is 15.6. The van der Waals surface area contributed by atoms with Gasteiger partial charge in [0.05, 0.1) is 7.11 Å². The van der Waals surface area contributed by atoms with Gasteiger partial charge in [-0.15, -0.1) is 0 Å². The summed E-state index contributed by atoms with van der Waals surface area (Å²) in [6.45, 7) is 2.36. The molecule has 0 bridgehead atoms. The normalized spacial score (nSPS) is 14.4. The van der Waals surface area contributed by atoms with Crippen molar-refractivity contribution in [1.82, 2.24) is 0 Å². The molecular formula is C21H21NO. The molecular weight excluding hydrogens is 282 g/mol. The van der Waals surface area contributed by atoms with E-state index in [1.165, 1.54) is 53.5 Å². The van der Waals surface area contributed by atoms with Crippen molar-refractivity contribution in [3.05, 3.63) is 60.7 Å². The van der Waals surface area contributed by atoms with Crippen LogP contribution in [0.2, 0.25) is 0 Å². The Bertz CT molecular complexity index is 834. The van der Waals surface area contributed by atoms with E-state index in [1.807, 2.05) is 6.07 Å². The van der Waals surface area contributed by atoms with Crippen molar-refractivity contribution in [1.29, 1.82) is 0 Å². The van der Waals surface area contributed by atoms with E-state index in [4.69, 9.17) is 4.74 Å². The molecule has 2 heteroatoms. The first-order chi connectivity index (χ1) is 11.3. The van der Waals surface area contributed by atoms with Crippen LogP contribution in [0.5, 0.6) is 5.75 Å². The third-order valence-electron chi connectivity index (χ3n) is 4.70. The fourth-order valence-electron chi connectivity index (χ4n) is 3.39. The van der Waals surface area contributed by atoms with Gasteiger partial charge in [0.15, 0.2) is 0 Å². The second-order valence-corrected chi connectivity index (χ2v) is 6.17. The molecule has 1 fully saturated rings. The van der Waals surface area contributed by atoms with Crippen molar-refractivity contribution in [2.75, 3.05) is 25.1 Å². The standard InChI is InChI=1S/C21H21NO/c1-23-21-10-9-18-13-17(7-8-19(18)15-21)16-5-4-6-20(14-16)22-11-2-3-12-22/h4-10,13-15H,2-3,11-12H2,1H3. The summed E-state index contributed by atoms with van der Waals surface area (Å²) in [5, 5.41) is 2.46. The molecule has 1 aliphatic rings. The van der Waals surface area contributed by atoms with Gasteiger partial charge in [-0.1, -0.05) is 30.3 Å². The lowest BCUT2D eigenvalue weighted by Crippen LogP contribution is -2.17. The molecule has 0 atom stereocenters. The molecule has 0 unspecified atom stereocenters. The quantitative estimate of drug-likeness (QED) is 0.666. The minimum Gasteiger partial charge on any atom is -0.497 e. The van der Waals surface area contributed by atoms with Gasteiger partial charge in [-0.05, 0) is 65.1 Å². The molecule has 23 heavy (non-hydrogen) atoms. The first-order valence-electron chi connectivity index (χ1n) is 8.27. The Morgan fingerprint density at radius 1 is 0.783 bits per heavy atom. The van der Waals surface area contributed by atoms with Gasteiger partial charge >= 0.3 is 0 Å². The second-order valence-electron chi connectivity index (χ2n) is 6.17. The SMILES string of the molecule is COc1ccc2cc(-c3cccc(N4CCCC4)c3)ccc2c1. The van der Waals surface area contributed by atoms with Gasteiger partial charge in [-0.2, -0.15) is 0 Å². The average Bonchev–Trinajstić information content (AvgIpc) is 3.15. The van der Waals surface area contributed by atoms with E-state index in [1.54, 1.807) is 7.11 Å². The third-order valence-corrected chi connectivity index (χ3v) is 4.70. The Kier molecular flexibility index (Phi) is 3.66. The Hall–Kier alpha value is -2.48. The number of methoxy groups -OCH3 is 1. The largest absolute Gasteiger partial charge is 0.497 e. The topological polar surface area (TPSA) is 12.5 Å². The maximum Gasteiger partial charge on any atom is 0.119 e. The van der Waals surface area contributed by atoms with E-state index in [0.29, 0.717) is 0 Å². The van der Waals surface area contributed by atoms with E-state index in [-0.39, 0.29) is 0 Å². The summed E-state index contributed by atoms with van der Waals surface area (Å²) in [5.74, 6) is 0.904. The minimum absolute atomic E-state index is 0.904. The van der Waals surface area contributed by atoms with E-state index >= 15 is 0 Å². The fraction of sp³-hybridized carbons (Fsp3) is 0.238. The van der Waals surface area contributed by atoms with Crippen LogP contribution in [-0.2, 0) is 0 Å². The molecule has 3 aromatic rings. The molecule has 0 aromatic heterocycles. The molecule has 0 saturated carbocycles. The number of benzene rings is 3. The minimum atomic E-state index is 0.904. The predicted molar refractivity (Wildman–Crippen MR) is 97.4 cm³/mol. The highest BCUT2D eigenvalue weighted by molar-refractivity contribution is 5.88. The predicted octanol–water partition coefficient (Wildman–Crippen LogP) is 5.12. The van der Waals surface area contributed by atoms with Crippen LogP contribution in [0, 0.1) is 0 Å². The van der Waals surface area contributed by atoms with Gasteiger partial charge in [-0.25, -0.2) is 0 Å². The van der Waals surface area contributed by atoms with Crippen LogP contribution >= 0.6 is 0 Å². The van der Waals surface area contributed by atoms with E-state index in [9.17, 15) is 0 Å². The van der Waals surface area contributed by atoms with Crippen molar-refractivity contribution in [2.45, 2.75) is 12.8 Å². The van der Waals surface area contributed by atoms with Gasteiger partial charge in [0.25, 0.3) is 0 Å². The molecule has 1 heterocycles. The number of fused-ring (bicyclic) bond motifs is 1. The van der Waals surface area contributed by atoms with Gasteiger partial charge in [0.2, 0.25) is 0 Å². The Morgan fingerprint density at radius 3 is 2.35 bits per heavy atom. The highest BCUT2D eigenvalue weighted by Gasteiger charge is 2.12. The number of anilines is 1. The summed E-state index contributed by atoms with van der Waals surface area (Å²) in [7, 11) is 1.71. The average molecular weight is 303 g/mol. The molecule has 0 spiro atoms. The fourth-order valence-corrected chi connectivity index (χ4v) is 3.39. The second kappa shape index (κ2) is 5.96. The van der Waals surface area contributed by atoms with Crippen molar-refractivity contribution >= 4 is 16.5 Å². The van der Waals surface area contributed by atoms with Crippen LogP contribution in [0.1, 0.15) is 12.8 Å². The van der Waals surface area contributed by atoms with Crippen molar-refractivity contribution in [3.63, 3.8) is 0 Å². The molecule has 116 valence electrons. The van der Waals surface area contributed by atoms with Gasteiger partial charge in [0.1, 0.15) is 5.75 Å². The van der Waals surface area contributed by atoms with Crippen molar-refractivity contribution in [2.24, 2.45) is 0 Å². The number of hydrogen-bond acceptors (Lipinski definition) is 2. The number of nitrogens with zero attached hydrogens (tertiary/aromatic N) is 1. The van der Waals surface area contributed by atoms with Gasteiger partial charge in [0, 0.05) is 18.8 Å². The van der Waals surface area contributed by atoms with Gasteiger partial charge < -0.3 is 9.64 Å². The van der Waals surface area contributed by atoms with Crippen LogP contribution in [0.25, 0.3) is 21.9 Å². The van der Waals surface area contributed by atoms with Crippen LogP contribution in [-0.4, -0.2) is 20.2 Å². The first kappa shape index (κ1) is 14.1. The summed E-state index contributed by atoms with van der Waals surface area (Å²) in [6.07, 6.45) is 2.62. The Balaban J connectivity index is 1.72. The summed E-state index contributed by atoms with van der Waals surface area (Å²) in [5.41, 5.74) is 3.89. The summed E-state index contributed by atoms with van der Waals surface area (Å²) in [6, 6.07) is 21.8. The third kappa shape index (κ3) is 2.77. The maximum atomic E-state index is 5.30. The molecule has 1 saturated heterocycles. The smallest absolute Gasteiger partial charge is 0.119 e. The molecule has 0 radical (unpaired) electrons. The van der Waals surface area contributed by atoms with Crippen LogP contribution < -0.4 is 9.64 Å². The lowest BCUT2D eigenvalue weighted by molar-refractivity contribution is 0.415. The highest BCUT2D eigenvalue weighted by atomic mass is 16.5. The first-order valence-corrected chi connectivity index (χ1v) is 8.27. The van der Waals surface area contributed by atoms with Crippen molar-refractivity contribution in [3.8, 4) is 16.9 Å². The lowest BCUT2D eigenvalue weighted by Gasteiger charge is -2.18. The van der Waals surface area contributed by atoms with Crippen molar-refractivity contribution < 1.29 is 4.74 Å². The Morgan fingerprint density at radius 2 is 1.52 bits per heavy atom. The molecule has 0 aliphatic carbocycles. The Labute approximate surface area is 137 Å². The summed E-state index contributed by atoms with van der Waals surface area (Å²) < 4.78 is 5.30. The molecule has 4 rings (SSSR count). The number of ether oxygens (including phenoxy) is 1. The summed E-state index contributed by atoms with van der Waals surface area (Å²) in [4.78, 5) is 2.48. The summed E-state index contributed by atoms with van der Waals surface area (Å²) >= 11 is 0. The lowest BCUT2D eigenvalue weighted by atomic mass is 10.0.